The van der Waals surface area contributed by atoms with Gasteiger partial charge in [0.05, 0.1) is 12.4 Å². The van der Waals surface area contributed by atoms with E-state index in [4.69, 9.17) is 29.5 Å². The number of fused-ring (bicyclic) bond motifs is 3. The van der Waals surface area contributed by atoms with Gasteiger partial charge in [0.2, 0.25) is 0 Å². The van der Waals surface area contributed by atoms with E-state index in [9.17, 15) is 14.4 Å². The Bertz CT molecular complexity index is 1230. The molecule has 6 atom stereocenters. The minimum Gasteiger partial charge on any atom is -0.463 e. The Morgan fingerprint density at radius 3 is 2.42 bits per heavy atom. The first-order valence-electron chi connectivity index (χ1n) is 11.5. The molecule has 1 aliphatic carbocycles. The summed E-state index contributed by atoms with van der Waals surface area (Å²) >= 11 is 0. The van der Waals surface area contributed by atoms with Crippen LogP contribution in [0.25, 0.3) is 11.2 Å². The molecule has 2 fully saturated rings. The van der Waals surface area contributed by atoms with Crippen LogP contribution in [0.3, 0.4) is 0 Å². The van der Waals surface area contributed by atoms with E-state index in [1.54, 1.807) is 5.06 Å². The number of hydrogen-bond acceptors (Lipinski definition) is 13. The number of rotatable bonds is 6. The molecule has 2 aromatic rings. The number of anilines is 2. The van der Waals surface area contributed by atoms with Gasteiger partial charge in [0, 0.05) is 20.8 Å². The van der Waals surface area contributed by atoms with Crippen molar-refractivity contribution in [2.75, 3.05) is 17.4 Å². The molecule has 0 amide bonds. The van der Waals surface area contributed by atoms with E-state index in [0.29, 0.717) is 11.2 Å². The monoisotopic (exact) mass is 502 g/mol. The third kappa shape index (κ3) is 4.44. The summed E-state index contributed by atoms with van der Waals surface area (Å²) in [5, 5.41) is 1.62. The third-order valence-electron chi connectivity index (χ3n) is 6.09. The molecule has 2 saturated heterocycles. The molecule has 0 saturated carbocycles. The fourth-order valence-corrected chi connectivity index (χ4v) is 4.61. The van der Waals surface area contributed by atoms with Crippen molar-refractivity contribution < 1.29 is 38.2 Å². The van der Waals surface area contributed by atoms with Gasteiger partial charge in [-0.3, -0.25) is 23.8 Å². The average Bonchev–Trinajstić information content (AvgIpc) is 3.39. The third-order valence-corrected chi connectivity index (χ3v) is 6.09. The molecule has 4 aliphatic rings. The Morgan fingerprint density at radius 1 is 1.06 bits per heavy atom. The fourth-order valence-electron chi connectivity index (χ4n) is 4.61. The van der Waals surface area contributed by atoms with Crippen LogP contribution in [0.2, 0.25) is 0 Å². The number of ether oxygens (including phenoxy) is 4. The van der Waals surface area contributed by atoms with Crippen molar-refractivity contribution in [3.8, 4) is 0 Å². The minimum absolute atomic E-state index is 0.0406. The maximum Gasteiger partial charge on any atom is 0.303 e. The molecular formula is C22H26N6O8. The number of esters is 3. The highest BCUT2D eigenvalue weighted by atomic mass is 16.7. The van der Waals surface area contributed by atoms with E-state index in [1.165, 1.54) is 31.7 Å². The van der Waals surface area contributed by atoms with Crippen molar-refractivity contribution in [1.82, 2.24) is 19.5 Å². The van der Waals surface area contributed by atoms with Gasteiger partial charge >= 0.3 is 17.9 Å². The number of hydroxylamine groups is 1. The average molecular weight is 502 g/mol. The maximum absolute atomic E-state index is 12.0. The van der Waals surface area contributed by atoms with Crippen molar-refractivity contribution in [2.24, 2.45) is 0 Å². The van der Waals surface area contributed by atoms with Gasteiger partial charge in [0.15, 0.2) is 29.9 Å². The van der Waals surface area contributed by atoms with Crippen LogP contribution in [0.4, 0.5) is 11.8 Å². The zero-order valence-electron chi connectivity index (χ0n) is 19.9. The molecule has 0 spiro atoms. The Hall–Kier alpha value is -3.78. The second-order valence-corrected chi connectivity index (χ2v) is 8.75. The molecule has 2 aromatic heterocycles. The number of nitrogens with zero attached hydrogens (tertiary/aromatic N) is 5. The first-order valence-corrected chi connectivity index (χ1v) is 11.5. The van der Waals surface area contributed by atoms with Crippen molar-refractivity contribution in [3.05, 3.63) is 18.5 Å². The number of carbonyl (C=O) groups excluding carboxylic acids is 3. The summed E-state index contributed by atoms with van der Waals surface area (Å²) in [5.74, 6) is -1.42. The highest BCUT2D eigenvalue weighted by molar-refractivity contribution is 5.83. The summed E-state index contributed by atoms with van der Waals surface area (Å²) in [6.45, 7) is 3.45. The Morgan fingerprint density at radius 2 is 1.81 bits per heavy atom. The number of aromatic nitrogens is 4. The molecular weight excluding hydrogens is 476 g/mol. The van der Waals surface area contributed by atoms with Crippen molar-refractivity contribution in [1.29, 1.82) is 0 Å². The Labute approximate surface area is 205 Å². The van der Waals surface area contributed by atoms with Crippen LogP contribution in [-0.2, 0) is 38.2 Å². The lowest BCUT2D eigenvalue weighted by Gasteiger charge is -2.40. The van der Waals surface area contributed by atoms with Gasteiger partial charge in [-0.25, -0.2) is 10.0 Å². The molecule has 3 aliphatic heterocycles. The lowest BCUT2D eigenvalue weighted by molar-refractivity contribution is -0.166. The number of nitrogen functional groups attached to an aromatic ring is 1. The van der Waals surface area contributed by atoms with Crippen molar-refractivity contribution in [2.45, 2.75) is 70.3 Å². The first kappa shape index (κ1) is 23.9. The maximum atomic E-state index is 12.0. The highest BCUT2D eigenvalue weighted by Gasteiger charge is 2.51. The molecule has 14 nitrogen and oxygen atoms in total. The Balaban J connectivity index is 1.54. The zero-order chi connectivity index (χ0) is 25.6. The van der Waals surface area contributed by atoms with Gasteiger partial charge < -0.3 is 24.7 Å². The topological polar surface area (TPSA) is 170 Å². The molecule has 0 aromatic carbocycles. The van der Waals surface area contributed by atoms with E-state index in [0.717, 1.165) is 12.8 Å². The van der Waals surface area contributed by atoms with E-state index in [1.807, 2.05) is 12.2 Å². The molecule has 6 rings (SSSR count). The van der Waals surface area contributed by atoms with Crippen LogP contribution in [0.15, 0.2) is 18.5 Å². The Kier molecular flexibility index (Phi) is 6.22. The molecule has 0 radical (unpaired) electrons. The van der Waals surface area contributed by atoms with Crippen LogP contribution >= 0.6 is 0 Å². The fraction of sp³-hybridized carbons (Fsp3) is 0.545. The van der Waals surface area contributed by atoms with Gasteiger partial charge in [-0.05, 0) is 12.8 Å². The zero-order valence-corrected chi connectivity index (χ0v) is 19.9. The molecule has 5 heterocycles. The normalized spacial score (nSPS) is 28.9. The largest absolute Gasteiger partial charge is 0.463 e. The summed E-state index contributed by atoms with van der Waals surface area (Å²) in [4.78, 5) is 54.5. The number of imidazole rings is 1. The standard InChI is InChI=1S/C22H26N6O8/c1-10(29)32-8-15-17(33-11(2)30)18(34-12(3)31)21(35-15)27-9-24-16-19(23)25-22(26-20(16)27)28-13-4-6-14(36-28)7-5-13/h4,6,9,13-15,17-18,21H,5,7-8H2,1-3H3,(H2,23,25,26)/t13-,14+,15+,17+,18+,21+/m0/s1. The van der Waals surface area contributed by atoms with Crippen LogP contribution in [-0.4, -0.2) is 74.5 Å². The van der Waals surface area contributed by atoms with Crippen LogP contribution in [0.1, 0.15) is 39.8 Å². The second-order valence-electron chi connectivity index (χ2n) is 8.75. The SMILES string of the molecule is CC(=O)OC[C@H]1O[C@@H](n2cnc3c(N)nc(N4O[C@@H]5C=C[C@H]4CC5)nc32)[C@H](OC(C)=O)[C@@H]1OC(C)=O. The second kappa shape index (κ2) is 9.35. The van der Waals surface area contributed by atoms with Crippen molar-refractivity contribution >= 4 is 40.8 Å². The van der Waals surface area contributed by atoms with Crippen LogP contribution in [0.5, 0.6) is 0 Å². The molecule has 2 N–H and O–H groups in total. The molecule has 0 unspecified atom stereocenters. The summed E-state index contributed by atoms with van der Waals surface area (Å²) in [5.41, 5.74) is 6.81. The smallest absolute Gasteiger partial charge is 0.303 e. The summed E-state index contributed by atoms with van der Waals surface area (Å²) in [6.07, 6.45) is 3.08. The van der Waals surface area contributed by atoms with Crippen LogP contribution in [0, 0.1) is 0 Å². The van der Waals surface area contributed by atoms with Gasteiger partial charge in [0.1, 0.15) is 24.3 Å². The number of hydrogen-bond donors (Lipinski definition) is 1. The number of carbonyl (C=O) groups is 3. The highest BCUT2D eigenvalue weighted by Crippen LogP contribution is 2.37. The molecule has 36 heavy (non-hydrogen) atoms. The lowest BCUT2D eigenvalue weighted by Crippen LogP contribution is -2.46. The minimum atomic E-state index is -1.09. The van der Waals surface area contributed by atoms with Gasteiger partial charge in [0.25, 0.3) is 5.95 Å². The molecule has 192 valence electrons. The van der Waals surface area contributed by atoms with Gasteiger partial charge in [-0.1, -0.05) is 12.2 Å². The van der Waals surface area contributed by atoms with Gasteiger partial charge in [-0.2, -0.15) is 9.97 Å². The lowest BCUT2D eigenvalue weighted by atomic mass is 9.98. The molecule has 14 heteroatoms. The summed E-state index contributed by atoms with van der Waals surface area (Å²) in [6, 6.07) is -0.0406. The predicted octanol–water partition coefficient (Wildman–Crippen LogP) is 0.571. The van der Waals surface area contributed by atoms with E-state index in [-0.39, 0.29) is 30.5 Å². The number of nitrogens with two attached hydrogens (primary N) is 1. The van der Waals surface area contributed by atoms with Crippen molar-refractivity contribution in [3.63, 3.8) is 0 Å². The predicted molar refractivity (Wildman–Crippen MR) is 121 cm³/mol. The van der Waals surface area contributed by atoms with Crippen LogP contribution < -0.4 is 10.8 Å². The summed E-state index contributed by atoms with van der Waals surface area (Å²) in [7, 11) is 0. The summed E-state index contributed by atoms with van der Waals surface area (Å²) < 4.78 is 23.7. The van der Waals surface area contributed by atoms with E-state index in [2.05, 4.69) is 15.0 Å². The van der Waals surface area contributed by atoms with E-state index < -0.39 is 42.4 Å². The van der Waals surface area contributed by atoms with E-state index >= 15 is 0 Å². The first-order chi connectivity index (χ1) is 17.2. The quantitative estimate of drug-likeness (QED) is 0.331. The van der Waals surface area contributed by atoms with Gasteiger partial charge in [-0.15, -0.1) is 0 Å². The molecule has 2 bridgehead atoms.